The molecule has 0 radical (unpaired) electrons. The zero-order valence-corrected chi connectivity index (χ0v) is 9.29. The number of amides is 1. The summed E-state index contributed by atoms with van der Waals surface area (Å²) < 4.78 is 4.77. The van der Waals surface area contributed by atoms with Crippen molar-refractivity contribution in [3.8, 4) is 0 Å². The standard InChI is InChI=1S/C10H12ClNO4/c11-9-7(4-6-16-9)10(15)12-5-2-1-3-8(13)14/h4,6H,1-3,5H2,(H,12,15)(H,13,14). The molecule has 0 fully saturated rings. The molecule has 0 spiro atoms. The van der Waals surface area contributed by atoms with Crippen LogP contribution in [0.1, 0.15) is 29.6 Å². The second kappa shape index (κ2) is 6.17. The first kappa shape index (κ1) is 12.6. The quantitative estimate of drug-likeness (QED) is 0.751. The zero-order chi connectivity index (χ0) is 12.0. The van der Waals surface area contributed by atoms with E-state index in [2.05, 4.69) is 5.32 Å². The van der Waals surface area contributed by atoms with E-state index in [0.29, 0.717) is 24.9 Å². The van der Waals surface area contributed by atoms with E-state index >= 15 is 0 Å². The first-order valence-corrected chi connectivity index (χ1v) is 5.22. The summed E-state index contributed by atoms with van der Waals surface area (Å²) in [6.45, 7) is 0.424. The molecule has 0 aromatic carbocycles. The second-order valence-electron chi connectivity index (χ2n) is 3.21. The fourth-order valence-electron chi connectivity index (χ4n) is 1.15. The van der Waals surface area contributed by atoms with Crippen molar-refractivity contribution >= 4 is 23.5 Å². The minimum atomic E-state index is -0.829. The number of carboxylic acids is 1. The average molecular weight is 246 g/mol. The lowest BCUT2D eigenvalue weighted by molar-refractivity contribution is -0.137. The van der Waals surface area contributed by atoms with Gasteiger partial charge in [-0.1, -0.05) is 0 Å². The van der Waals surface area contributed by atoms with E-state index in [1.165, 1.54) is 12.3 Å². The number of aliphatic carboxylic acids is 1. The molecule has 0 saturated heterocycles. The number of carbonyl (C=O) groups is 2. The molecule has 0 aliphatic heterocycles. The number of halogens is 1. The number of carbonyl (C=O) groups excluding carboxylic acids is 1. The van der Waals surface area contributed by atoms with Gasteiger partial charge in [-0.25, -0.2) is 0 Å². The Morgan fingerprint density at radius 1 is 1.44 bits per heavy atom. The van der Waals surface area contributed by atoms with Crippen molar-refractivity contribution < 1.29 is 19.1 Å². The first-order chi connectivity index (χ1) is 7.61. The number of rotatable bonds is 6. The Balaban J connectivity index is 2.21. The topological polar surface area (TPSA) is 79.5 Å². The molecular weight excluding hydrogens is 234 g/mol. The van der Waals surface area contributed by atoms with Crippen molar-refractivity contribution in [2.75, 3.05) is 6.54 Å². The van der Waals surface area contributed by atoms with E-state index in [9.17, 15) is 9.59 Å². The van der Waals surface area contributed by atoms with Gasteiger partial charge >= 0.3 is 5.97 Å². The smallest absolute Gasteiger partial charge is 0.303 e. The van der Waals surface area contributed by atoms with Crippen LogP contribution in [0, 0.1) is 0 Å². The molecule has 1 heterocycles. The van der Waals surface area contributed by atoms with Crippen molar-refractivity contribution in [2.24, 2.45) is 0 Å². The third-order valence-corrected chi connectivity index (χ3v) is 2.26. The highest BCUT2D eigenvalue weighted by atomic mass is 35.5. The van der Waals surface area contributed by atoms with Crippen molar-refractivity contribution in [3.05, 3.63) is 23.1 Å². The van der Waals surface area contributed by atoms with Gasteiger partial charge in [-0.2, -0.15) is 0 Å². The molecule has 6 heteroatoms. The van der Waals surface area contributed by atoms with Gasteiger partial charge in [0.05, 0.1) is 11.8 Å². The van der Waals surface area contributed by atoms with Crippen LogP contribution in [-0.4, -0.2) is 23.5 Å². The fraction of sp³-hybridized carbons (Fsp3) is 0.400. The van der Waals surface area contributed by atoms with E-state index in [0.717, 1.165) is 0 Å². The van der Waals surface area contributed by atoms with Gasteiger partial charge in [-0.3, -0.25) is 9.59 Å². The van der Waals surface area contributed by atoms with Gasteiger partial charge in [0.2, 0.25) is 5.22 Å². The molecule has 0 bridgehead atoms. The SMILES string of the molecule is O=C(O)CCCCNC(=O)c1ccoc1Cl. The number of hydrogen-bond acceptors (Lipinski definition) is 3. The number of furan rings is 1. The van der Waals surface area contributed by atoms with Crippen LogP contribution in [0.25, 0.3) is 0 Å². The second-order valence-corrected chi connectivity index (χ2v) is 3.56. The lowest BCUT2D eigenvalue weighted by Gasteiger charge is -2.02. The Hall–Kier alpha value is -1.49. The van der Waals surface area contributed by atoms with E-state index in [4.69, 9.17) is 21.1 Å². The molecule has 1 aromatic heterocycles. The molecule has 88 valence electrons. The number of nitrogens with one attached hydrogen (secondary N) is 1. The lowest BCUT2D eigenvalue weighted by Crippen LogP contribution is -2.24. The summed E-state index contributed by atoms with van der Waals surface area (Å²) in [6.07, 6.45) is 2.60. The number of unbranched alkanes of at least 4 members (excludes halogenated alkanes) is 1. The maximum Gasteiger partial charge on any atom is 0.303 e. The molecule has 5 nitrogen and oxygen atoms in total. The van der Waals surface area contributed by atoms with Crippen LogP contribution in [0.5, 0.6) is 0 Å². The monoisotopic (exact) mass is 245 g/mol. The van der Waals surface area contributed by atoms with Crippen LogP contribution in [0.4, 0.5) is 0 Å². The van der Waals surface area contributed by atoms with Crippen molar-refractivity contribution in [1.29, 1.82) is 0 Å². The first-order valence-electron chi connectivity index (χ1n) is 4.84. The summed E-state index contributed by atoms with van der Waals surface area (Å²) in [5.41, 5.74) is 0.292. The molecule has 16 heavy (non-hydrogen) atoms. The average Bonchev–Trinajstić information content (AvgIpc) is 2.63. The maximum atomic E-state index is 11.5. The summed E-state index contributed by atoms with van der Waals surface area (Å²) in [5, 5.41) is 11.1. The Morgan fingerprint density at radius 3 is 2.75 bits per heavy atom. The molecule has 1 amide bonds. The molecular formula is C10H12ClNO4. The highest BCUT2D eigenvalue weighted by Gasteiger charge is 2.11. The van der Waals surface area contributed by atoms with E-state index < -0.39 is 5.97 Å². The van der Waals surface area contributed by atoms with E-state index in [-0.39, 0.29) is 17.5 Å². The van der Waals surface area contributed by atoms with Crippen LogP contribution in [0.3, 0.4) is 0 Å². The van der Waals surface area contributed by atoms with Crippen LogP contribution >= 0.6 is 11.6 Å². The summed E-state index contributed by atoms with van der Waals surface area (Å²) in [4.78, 5) is 21.7. The Kier molecular flexibility index (Phi) is 4.85. The molecule has 0 aliphatic rings. The van der Waals surface area contributed by atoms with E-state index in [1.54, 1.807) is 0 Å². The molecule has 1 aromatic rings. The number of hydrogen-bond donors (Lipinski definition) is 2. The normalized spacial score (nSPS) is 10.1. The summed E-state index contributed by atoms with van der Waals surface area (Å²) in [7, 11) is 0. The largest absolute Gasteiger partial charge is 0.481 e. The molecule has 0 atom stereocenters. The van der Waals surface area contributed by atoms with Gasteiger partial charge < -0.3 is 14.8 Å². The van der Waals surface area contributed by atoms with E-state index in [1.807, 2.05) is 0 Å². The van der Waals surface area contributed by atoms with Crippen LogP contribution in [0.2, 0.25) is 5.22 Å². The predicted molar refractivity (Wildman–Crippen MR) is 57.5 cm³/mol. The van der Waals surface area contributed by atoms with Gasteiger partial charge in [-0.05, 0) is 30.5 Å². The van der Waals surface area contributed by atoms with Crippen LogP contribution < -0.4 is 5.32 Å². The molecule has 0 unspecified atom stereocenters. The minimum Gasteiger partial charge on any atom is -0.481 e. The van der Waals surface area contributed by atoms with Crippen molar-refractivity contribution in [3.63, 3.8) is 0 Å². The Bertz CT molecular complexity index is 375. The van der Waals surface area contributed by atoms with Gasteiger partial charge in [0.15, 0.2) is 0 Å². The molecule has 0 aliphatic carbocycles. The van der Waals surface area contributed by atoms with Crippen LogP contribution in [0.15, 0.2) is 16.7 Å². The van der Waals surface area contributed by atoms with Crippen molar-refractivity contribution in [2.45, 2.75) is 19.3 Å². The third-order valence-electron chi connectivity index (χ3n) is 1.97. The van der Waals surface area contributed by atoms with Gasteiger partial charge in [0.1, 0.15) is 0 Å². The van der Waals surface area contributed by atoms with Gasteiger partial charge in [0, 0.05) is 13.0 Å². The van der Waals surface area contributed by atoms with Gasteiger partial charge in [-0.15, -0.1) is 0 Å². The predicted octanol–water partition coefficient (Wildman–Crippen LogP) is 1.92. The van der Waals surface area contributed by atoms with Crippen LogP contribution in [-0.2, 0) is 4.79 Å². The Labute approximate surface area is 97.4 Å². The highest BCUT2D eigenvalue weighted by Crippen LogP contribution is 2.15. The van der Waals surface area contributed by atoms with Gasteiger partial charge in [0.25, 0.3) is 5.91 Å². The minimum absolute atomic E-state index is 0.0584. The Morgan fingerprint density at radius 2 is 2.19 bits per heavy atom. The van der Waals surface area contributed by atoms with Crippen molar-refractivity contribution in [1.82, 2.24) is 5.32 Å². The summed E-state index contributed by atoms with van der Waals surface area (Å²) in [5.74, 6) is -1.14. The summed E-state index contributed by atoms with van der Waals surface area (Å²) in [6, 6.07) is 1.48. The summed E-state index contributed by atoms with van der Waals surface area (Å²) >= 11 is 5.61. The molecule has 2 N–H and O–H groups in total. The maximum absolute atomic E-state index is 11.5. The number of carboxylic acid groups (broad SMARTS) is 1. The molecule has 1 rings (SSSR count). The highest BCUT2D eigenvalue weighted by molar-refractivity contribution is 6.32. The zero-order valence-electron chi connectivity index (χ0n) is 8.53. The fourth-order valence-corrected chi connectivity index (χ4v) is 1.35. The molecule has 0 saturated carbocycles. The third kappa shape index (κ3) is 3.94. The lowest BCUT2D eigenvalue weighted by atomic mass is 10.2.